The molecule has 232 valence electrons. The number of carbonyl (C=O) groups excluding carboxylic acids is 1. The summed E-state index contributed by atoms with van der Waals surface area (Å²) < 4.78 is 70.7. The fourth-order valence-electron chi connectivity index (χ4n) is 7.30. The van der Waals surface area contributed by atoms with Crippen LogP contribution in [-0.4, -0.2) is 39.3 Å². The van der Waals surface area contributed by atoms with Gasteiger partial charge in [-0.05, 0) is 72.1 Å². The minimum Gasteiger partial charge on any atom is -0.432 e. The molecule has 2 fully saturated rings. The van der Waals surface area contributed by atoms with Crippen molar-refractivity contribution in [3.63, 3.8) is 0 Å². The third-order valence-electron chi connectivity index (χ3n) is 9.63. The van der Waals surface area contributed by atoms with E-state index in [-0.39, 0.29) is 33.3 Å². The summed E-state index contributed by atoms with van der Waals surface area (Å²) in [4.78, 5) is 13.5. The van der Waals surface area contributed by atoms with Gasteiger partial charge in [-0.1, -0.05) is 87.9 Å². The molecule has 0 unspecified atom stereocenters. The molecule has 1 heterocycles. The van der Waals surface area contributed by atoms with E-state index in [0.29, 0.717) is 23.5 Å². The Morgan fingerprint density at radius 1 is 0.818 bits per heavy atom. The molecule has 0 spiro atoms. The van der Waals surface area contributed by atoms with Crippen LogP contribution in [0.25, 0.3) is 6.08 Å². The van der Waals surface area contributed by atoms with Gasteiger partial charge in [0.2, 0.25) is 6.29 Å². The highest BCUT2D eigenvalue weighted by Gasteiger charge is 2.68. The van der Waals surface area contributed by atoms with Crippen molar-refractivity contribution < 1.29 is 31.1 Å². The van der Waals surface area contributed by atoms with E-state index in [1.807, 2.05) is 0 Å². The Labute approximate surface area is 260 Å². The highest BCUT2D eigenvalue weighted by atomic mass is 32.3. The number of rotatable bonds is 7. The maximum atomic E-state index is 15.2. The Morgan fingerprint density at radius 3 is 1.98 bits per heavy atom. The fourth-order valence-corrected chi connectivity index (χ4v) is 12.7. The van der Waals surface area contributed by atoms with Gasteiger partial charge in [-0.25, -0.2) is 21.6 Å². The van der Waals surface area contributed by atoms with E-state index in [1.54, 1.807) is 66.7 Å². The number of esters is 1. The van der Waals surface area contributed by atoms with Crippen LogP contribution >= 0.6 is 0 Å². The van der Waals surface area contributed by atoms with Crippen LogP contribution < -0.4 is 0 Å². The van der Waals surface area contributed by atoms with Crippen LogP contribution in [-0.2, 0) is 40.4 Å². The predicted molar refractivity (Wildman–Crippen MR) is 168 cm³/mol. The molecule has 0 N–H and O–H groups in total. The smallest absolute Gasteiger partial charge is 0.336 e. The maximum absolute atomic E-state index is 15.2. The fraction of sp³-hybridized carbons (Fsp3) is 0.400. The van der Waals surface area contributed by atoms with Crippen molar-refractivity contribution in [3.05, 3.63) is 102 Å². The lowest BCUT2D eigenvalue weighted by molar-refractivity contribution is -0.196. The van der Waals surface area contributed by atoms with Crippen LogP contribution in [0.15, 0.2) is 100 Å². The lowest BCUT2D eigenvalue weighted by atomic mass is 9.75. The largest absolute Gasteiger partial charge is 0.432 e. The number of hydrogen-bond acceptors (Lipinski definition) is 7. The van der Waals surface area contributed by atoms with Crippen molar-refractivity contribution in [2.45, 2.75) is 72.7 Å². The predicted octanol–water partition coefficient (Wildman–Crippen LogP) is 6.25. The van der Waals surface area contributed by atoms with Crippen LogP contribution in [0.2, 0.25) is 0 Å². The minimum atomic E-state index is -4.73. The number of fused-ring (bicyclic) bond motifs is 2. The number of benzene rings is 3. The Balaban J connectivity index is 1.65. The molecule has 9 heteroatoms. The molecule has 0 amide bonds. The van der Waals surface area contributed by atoms with E-state index in [1.165, 1.54) is 24.3 Å². The lowest BCUT2D eigenvalue weighted by Gasteiger charge is -2.42. The number of hydrogen-bond donors (Lipinski definition) is 0. The second-order valence-corrected chi connectivity index (χ2v) is 17.3. The van der Waals surface area contributed by atoms with Gasteiger partial charge in [-0.3, -0.25) is 0 Å². The minimum absolute atomic E-state index is 0.0103. The number of sulfone groups is 2. The molecular formula is C35H38O7S2. The molecule has 6 rings (SSSR count). The molecule has 1 saturated heterocycles. The molecule has 3 aromatic carbocycles. The van der Waals surface area contributed by atoms with E-state index >= 15 is 16.8 Å². The van der Waals surface area contributed by atoms with E-state index in [4.69, 9.17) is 9.47 Å². The van der Waals surface area contributed by atoms with Gasteiger partial charge >= 0.3 is 5.97 Å². The Bertz CT molecular complexity index is 1710. The summed E-state index contributed by atoms with van der Waals surface area (Å²) >= 11 is 0. The van der Waals surface area contributed by atoms with E-state index in [2.05, 4.69) is 20.8 Å². The van der Waals surface area contributed by atoms with Gasteiger partial charge in [-0.2, -0.15) is 0 Å². The van der Waals surface area contributed by atoms with E-state index in [0.717, 1.165) is 12.8 Å². The summed E-state index contributed by atoms with van der Waals surface area (Å²) in [5, 5.41) is 0. The molecule has 3 aromatic rings. The lowest BCUT2D eigenvalue weighted by Crippen LogP contribution is -2.57. The second-order valence-electron chi connectivity index (χ2n) is 12.7. The first-order valence-electron chi connectivity index (χ1n) is 15.2. The van der Waals surface area contributed by atoms with Crippen molar-refractivity contribution >= 4 is 31.7 Å². The van der Waals surface area contributed by atoms with Gasteiger partial charge in [0, 0.05) is 12.0 Å². The Morgan fingerprint density at radius 2 is 1.39 bits per heavy atom. The summed E-state index contributed by atoms with van der Waals surface area (Å²) in [5.41, 5.74) is 1.07. The zero-order chi connectivity index (χ0) is 31.3. The SMILES string of the molecule is CC(C)[C@@H]1CC[C@@H](C)C[C@H]1O[C@@H]1OC(=O)C2=Cc3ccccc3CC(S(=O)(=O)c3ccccc3)(S(=O)(=O)c3ccccc3)[C@H]21. The van der Waals surface area contributed by atoms with Gasteiger partial charge < -0.3 is 9.47 Å². The van der Waals surface area contributed by atoms with Crippen LogP contribution in [0.5, 0.6) is 0 Å². The molecule has 44 heavy (non-hydrogen) atoms. The second kappa shape index (κ2) is 11.6. The third kappa shape index (κ3) is 4.93. The average molecular weight is 635 g/mol. The van der Waals surface area contributed by atoms with Crippen molar-refractivity contribution in [1.82, 2.24) is 0 Å². The molecule has 1 aliphatic heterocycles. The maximum Gasteiger partial charge on any atom is 0.336 e. The highest BCUT2D eigenvalue weighted by molar-refractivity contribution is 8.10. The highest BCUT2D eigenvalue weighted by Crippen LogP contribution is 2.54. The molecule has 1 saturated carbocycles. The summed E-state index contributed by atoms with van der Waals surface area (Å²) in [6.07, 6.45) is 2.09. The molecule has 0 aromatic heterocycles. The van der Waals surface area contributed by atoms with Gasteiger partial charge in [0.25, 0.3) is 0 Å². The molecule has 5 atom stereocenters. The first-order chi connectivity index (χ1) is 21.0. The quantitative estimate of drug-likeness (QED) is 0.283. The topological polar surface area (TPSA) is 104 Å². The number of carbonyl (C=O) groups is 1. The van der Waals surface area contributed by atoms with Crippen molar-refractivity contribution in [3.8, 4) is 0 Å². The molecule has 3 aliphatic rings. The van der Waals surface area contributed by atoms with Crippen LogP contribution in [0.4, 0.5) is 0 Å². The van der Waals surface area contributed by atoms with E-state index in [9.17, 15) is 4.79 Å². The summed E-state index contributed by atoms with van der Waals surface area (Å²) in [6.45, 7) is 6.38. The molecule has 0 radical (unpaired) electrons. The molecule has 7 nitrogen and oxygen atoms in total. The standard InChI is InChI=1S/C35H38O7S2/c1-23(2)29-19-18-24(3)20-31(29)41-34-32-30(33(36)42-34)21-25-12-10-11-13-26(25)22-35(32,43(37,38)27-14-6-4-7-15-27)44(39,40)28-16-8-5-9-17-28/h4-17,21,23-24,29,31-32,34H,18-20,22H2,1-3H3/t24-,29+,31-,32-,34-/m1/s1. The zero-order valence-corrected chi connectivity index (χ0v) is 26.8. The van der Waals surface area contributed by atoms with Crippen molar-refractivity contribution in [2.75, 3.05) is 0 Å². The summed E-state index contributed by atoms with van der Waals surface area (Å²) in [5.74, 6) is -1.46. The Hall–Kier alpha value is -3.27. The first-order valence-corrected chi connectivity index (χ1v) is 18.2. The van der Waals surface area contributed by atoms with Crippen molar-refractivity contribution in [2.24, 2.45) is 23.7 Å². The van der Waals surface area contributed by atoms with Gasteiger partial charge in [0.15, 0.2) is 23.8 Å². The summed E-state index contributed by atoms with van der Waals surface area (Å²) in [6, 6.07) is 22.3. The van der Waals surface area contributed by atoms with Crippen LogP contribution in [0.3, 0.4) is 0 Å². The van der Waals surface area contributed by atoms with Crippen LogP contribution in [0.1, 0.15) is 51.2 Å². The van der Waals surface area contributed by atoms with Gasteiger partial charge in [0.05, 0.1) is 21.8 Å². The molecular weight excluding hydrogens is 597 g/mol. The zero-order valence-electron chi connectivity index (χ0n) is 25.1. The van der Waals surface area contributed by atoms with Gasteiger partial charge in [0.1, 0.15) is 0 Å². The molecule has 0 bridgehead atoms. The van der Waals surface area contributed by atoms with Crippen LogP contribution in [0, 0.1) is 23.7 Å². The average Bonchev–Trinajstić information content (AvgIpc) is 3.20. The molecule has 2 aliphatic carbocycles. The van der Waals surface area contributed by atoms with Crippen molar-refractivity contribution in [1.29, 1.82) is 0 Å². The van der Waals surface area contributed by atoms with Gasteiger partial charge in [-0.15, -0.1) is 0 Å². The number of cyclic esters (lactones) is 1. The third-order valence-corrected chi connectivity index (χ3v) is 15.3. The Kier molecular flexibility index (Phi) is 8.09. The van der Waals surface area contributed by atoms with E-state index < -0.39 is 48.4 Å². The number of ether oxygens (including phenoxy) is 2. The summed E-state index contributed by atoms with van der Waals surface area (Å²) in [7, 11) is -9.46. The first kappa shape index (κ1) is 30.7. The monoisotopic (exact) mass is 634 g/mol. The normalized spacial score (nSPS) is 26.7.